The van der Waals surface area contributed by atoms with Gasteiger partial charge in [-0.25, -0.2) is 4.79 Å². The average molecular weight is 1170 g/mol. The summed E-state index contributed by atoms with van der Waals surface area (Å²) in [7, 11) is 0. The summed E-state index contributed by atoms with van der Waals surface area (Å²) in [5.41, 5.74) is 2.78. The van der Waals surface area contributed by atoms with Crippen LogP contribution in [0.15, 0.2) is 121 Å². The van der Waals surface area contributed by atoms with Crippen LogP contribution in [0.5, 0.6) is 0 Å². The van der Waals surface area contributed by atoms with Gasteiger partial charge in [0, 0.05) is 19.5 Å². The van der Waals surface area contributed by atoms with E-state index < -0.39 is 109 Å². The van der Waals surface area contributed by atoms with Crippen LogP contribution >= 0.6 is 0 Å². The Morgan fingerprint density at radius 1 is 0.487 bits per heavy atom. The van der Waals surface area contributed by atoms with Crippen molar-refractivity contribution in [2.45, 2.75) is 131 Å². The maximum atomic E-state index is 14.7. The van der Waals surface area contributed by atoms with Crippen LogP contribution in [0.3, 0.4) is 0 Å². The summed E-state index contributed by atoms with van der Waals surface area (Å²) in [6.07, 6.45) is -14.8. The lowest BCUT2D eigenvalue weighted by atomic mass is 9.88. The van der Waals surface area contributed by atoms with Crippen LogP contribution in [0.1, 0.15) is 61.3 Å². The predicted molar refractivity (Wildman–Crippen MR) is 250 cm³/mol. The maximum absolute atomic E-state index is 14.7. The third-order valence-electron chi connectivity index (χ3n) is 12.0. The smallest absolute Gasteiger partial charge is 0.445 e. The third-order valence-corrected chi connectivity index (χ3v) is 12.0. The minimum absolute atomic E-state index is 0.0512. The van der Waals surface area contributed by atoms with Crippen LogP contribution in [0.25, 0.3) is 0 Å². The number of nitrogens with one attached hydrogen (secondary N) is 3. The first-order valence-electron chi connectivity index (χ1n) is 24.1. The largest absolute Gasteiger partial charge is 0.460 e. The summed E-state index contributed by atoms with van der Waals surface area (Å²) in [5.74, 6) is -61.6. The zero-order valence-corrected chi connectivity index (χ0v) is 42.1. The summed E-state index contributed by atoms with van der Waals surface area (Å²) in [5, 5.41) is 6.60. The molecular formula is C52H54F17N3O8. The van der Waals surface area contributed by atoms with Gasteiger partial charge in [-0.05, 0) is 54.9 Å². The standard InChI is InChI=1S/C52H54F17N3O8/c1-35(44(79-31-38-21-10-4-11-22-38,80-32-39-23-12-5-13-24-39)34-76-29-36-17-6-2-7-18-36)77-33-41(73)72-40(25-14-15-27-71-43(75)78-30-37-19-8-3-9-20-37)42(74)70-28-16-26-45(53,54)46(55,56)47(57,58)48(59,60)49(61,62)50(63,64)51(65,66)52(67,68)69/h2-13,17-24,35,40H,14-16,25-34H2,1H3,(H,70,74)(H,71,75)(H,72,73)/t35?,40-/m0/s1. The van der Waals surface area contributed by atoms with Crippen LogP contribution in [0.4, 0.5) is 79.4 Å². The van der Waals surface area contributed by atoms with Crippen LogP contribution in [0, 0.1) is 0 Å². The molecule has 0 bridgehead atoms. The molecular weight excluding hydrogens is 1120 g/mol. The normalized spacial score (nSPS) is 14.0. The highest BCUT2D eigenvalue weighted by molar-refractivity contribution is 5.88. The zero-order chi connectivity index (χ0) is 59.7. The number of hydrogen-bond donors (Lipinski definition) is 3. The summed E-state index contributed by atoms with van der Waals surface area (Å²) in [4.78, 5) is 39.3. The lowest BCUT2D eigenvalue weighted by molar-refractivity contribution is -0.461. The number of halogens is 17. The quantitative estimate of drug-likeness (QED) is 0.0244. The molecule has 2 atom stereocenters. The van der Waals surface area contributed by atoms with Crippen molar-refractivity contribution in [2.75, 3.05) is 26.3 Å². The van der Waals surface area contributed by atoms with Gasteiger partial charge in [0.05, 0.1) is 19.8 Å². The first kappa shape index (κ1) is 66.3. The van der Waals surface area contributed by atoms with Gasteiger partial charge in [0.15, 0.2) is 0 Å². The summed E-state index contributed by atoms with van der Waals surface area (Å²) in [6.45, 7) is -1.32. The second-order valence-electron chi connectivity index (χ2n) is 17.9. The SMILES string of the molecule is CC(OCC(=O)N[C@@H](CCCCNC(=O)OCc1ccccc1)C(=O)NCCCC(F)(F)C(F)(F)C(F)(F)C(F)(F)C(F)(F)C(F)(F)C(F)(F)C(F)(F)F)C(COCc1ccccc1)(OCc1ccccc1)OCc1ccccc1. The Bertz CT molecular complexity index is 2490. The Labute approximate surface area is 446 Å². The first-order valence-corrected chi connectivity index (χ1v) is 24.1. The lowest BCUT2D eigenvalue weighted by Crippen LogP contribution is -2.74. The molecule has 0 radical (unpaired) electrons. The molecule has 0 aliphatic carbocycles. The van der Waals surface area contributed by atoms with Crippen molar-refractivity contribution in [2.24, 2.45) is 0 Å². The fraction of sp³-hybridized carbons (Fsp3) is 0.481. The van der Waals surface area contributed by atoms with Gasteiger partial charge in [-0.1, -0.05) is 121 Å². The molecule has 28 heteroatoms. The highest BCUT2D eigenvalue weighted by Crippen LogP contribution is 2.64. The van der Waals surface area contributed by atoms with E-state index in [4.69, 9.17) is 23.7 Å². The maximum Gasteiger partial charge on any atom is 0.460 e. The van der Waals surface area contributed by atoms with Gasteiger partial charge in [0.2, 0.25) is 17.6 Å². The van der Waals surface area contributed by atoms with E-state index in [9.17, 15) is 89.0 Å². The highest BCUT2D eigenvalue weighted by atomic mass is 19.4. The van der Waals surface area contributed by atoms with E-state index in [-0.39, 0.29) is 58.8 Å². The molecule has 0 saturated heterocycles. The number of unbranched alkanes of at least 4 members (excludes halogenated alkanes) is 1. The minimum Gasteiger partial charge on any atom is -0.445 e. The van der Waals surface area contributed by atoms with Crippen molar-refractivity contribution in [1.82, 2.24) is 16.0 Å². The number of rotatable bonds is 33. The van der Waals surface area contributed by atoms with E-state index >= 15 is 0 Å². The van der Waals surface area contributed by atoms with Crippen LogP contribution in [-0.4, -0.2) is 110 Å². The van der Waals surface area contributed by atoms with Crippen LogP contribution < -0.4 is 16.0 Å². The Kier molecular flexibility index (Phi) is 23.1. The first-order chi connectivity index (χ1) is 37.3. The molecule has 0 fully saturated rings. The molecule has 4 aromatic rings. The molecule has 0 aromatic heterocycles. The molecule has 444 valence electrons. The van der Waals surface area contributed by atoms with E-state index in [1.807, 2.05) is 5.32 Å². The number of alkyl halides is 17. The van der Waals surface area contributed by atoms with Gasteiger partial charge in [-0.2, -0.15) is 74.6 Å². The number of carbonyl (C=O) groups excluding carboxylic acids is 3. The molecule has 11 nitrogen and oxygen atoms in total. The molecule has 0 spiro atoms. The van der Waals surface area contributed by atoms with Crippen LogP contribution in [-0.2, 0) is 59.7 Å². The topological polar surface area (TPSA) is 133 Å². The summed E-state index contributed by atoms with van der Waals surface area (Å²) < 4.78 is 265. The number of carbonyl (C=O) groups is 3. The fourth-order valence-corrected chi connectivity index (χ4v) is 7.19. The molecule has 4 rings (SSSR count). The Hall–Kier alpha value is -6.26. The summed E-state index contributed by atoms with van der Waals surface area (Å²) in [6, 6.07) is 33.2. The molecule has 1 unspecified atom stereocenters. The van der Waals surface area contributed by atoms with Gasteiger partial charge >= 0.3 is 53.7 Å². The second kappa shape index (κ2) is 27.9. The number of ether oxygens (including phenoxy) is 5. The van der Waals surface area contributed by atoms with Gasteiger partial charge in [-0.15, -0.1) is 0 Å². The molecule has 0 heterocycles. The fourth-order valence-electron chi connectivity index (χ4n) is 7.19. The molecule has 3 N–H and O–H groups in total. The zero-order valence-electron chi connectivity index (χ0n) is 42.1. The number of benzene rings is 4. The number of hydrogen-bond acceptors (Lipinski definition) is 8. The Balaban J connectivity index is 1.50. The summed E-state index contributed by atoms with van der Waals surface area (Å²) >= 11 is 0. The van der Waals surface area contributed by atoms with E-state index in [1.54, 1.807) is 121 Å². The van der Waals surface area contributed by atoms with Crippen molar-refractivity contribution in [3.63, 3.8) is 0 Å². The average Bonchev–Trinajstić information content (AvgIpc) is 3.57. The highest BCUT2D eigenvalue weighted by Gasteiger charge is 2.95. The molecule has 0 aliphatic rings. The van der Waals surface area contributed by atoms with Gasteiger partial charge in [0.1, 0.15) is 32.0 Å². The van der Waals surface area contributed by atoms with E-state index in [0.717, 1.165) is 5.56 Å². The molecule has 80 heavy (non-hydrogen) atoms. The van der Waals surface area contributed by atoms with Gasteiger partial charge in [-0.3, -0.25) is 9.59 Å². The van der Waals surface area contributed by atoms with E-state index in [2.05, 4.69) is 10.6 Å². The molecule has 3 amide bonds. The number of alkyl carbamates (subject to hydrolysis) is 1. The minimum atomic E-state index is -8.77. The Morgan fingerprint density at radius 2 is 0.900 bits per heavy atom. The molecule has 0 aliphatic heterocycles. The van der Waals surface area contributed by atoms with Crippen molar-refractivity contribution in [3.05, 3.63) is 144 Å². The van der Waals surface area contributed by atoms with Crippen molar-refractivity contribution >= 4 is 17.9 Å². The lowest BCUT2D eigenvalue weighted by Gasteiger charge is -2.42. The van der Waals surface area contributed by atoms with Crippen LogP contribution in [0.2, 0.25) is 0 Å². The molecule has 0 saturated carbocycles. The van der Waals surface area contributed by atoms with Gasteiger partial charge < -0.3 is 39.6 Å². The predicted octanol–water partition coefficient (Wildman–Crippen LogP) is 12.2. The van der Waals surface area contributed by atoms with Gasteiger partial charge in [0.25, 0.3) is 0 Å². The van der Waals surface area contributed by atoms with E-state index in [0.29, 0.717) is 16.7 Å². The third kappa shape index (κ3) is 16.4. The van der Waals surface area contributed by atoms with E-state index in [1.165, 1.54) is 6.92 Å². The number of amides is 3. The monoisotopic (exact) mass is 1170 g/mol. The molecule has 4 aromatic carbocycles. The Morgan fingerprint density at radius 3 is 1.36 bits per heavy atom. The second-order valence-corrected chi connectivity index (χ2v) is 17.9. The van der Waals surface area contributed by atoms with Crippen molar-refractivity contribution in [3.8, 4) is 0 Å². The van der Waals surface area contributed by atoms with Crippen molar-refractivity contribution in [1.29, 1.82) is 0 Å². The van der Waals surface area contributed by atoms with Crippen molar-refractivity contribution < 1.29 is 113 Å².